The number of ether oxygens (including phenoxy) is 1. The molecule has 2 heterocycles. The van der Waals surface area contributed by atoms with Crippen molar-refractivity contribution in [1.29, 1.82) is 0 Å². The SMILES string of the molecule is COC(=O)C1Cc2ncn(Cc3ccccc3)c2CN1S(=O)(=O)c1ccc(F)cc1. The molecule has 0 saturated heterocycles. The fourth-order valence-corrected chi connectivity index (χ4v) is 5.13. The number of hydrogen-bond donors (Lipinski definition) is 0. The number of rotatable bonds is 5. The van der Waals surface area contributed by atoms with Crippen molar-refractivity contribution in [1.82, 2.24) is 13.9 Å². The molecule has 0 bridgehead atoms. The van der Waals surface area contributed by atoms with E-state index in [-0.39, 0.29) is 17.9 Å². The number of aromatic nitrogens is 2. The second-order valence-electron chi connectivity index (χ2n) is 7.00. The zero-order valence-electron chi connectivity index (χ0n) is 16.2. The molecular formula is C21H20FN3O4S. The van der Waals surface area contributed by atoms with Crippen molar-refractivity contribution in [2.24, 2.45) is 0 Å². The first-order valence-corrected chi connectivity index (χ1v) is 10.8. The molecule has 1 aliphatic rings. The number of carbonyl (C=O) groups is 1. The first-order valence-electron chi connectivity index (χ1n) is 9.32. The molecule has 0 aliphatic carbocycles. The third kappa shape index (κ3) is 3.73. The van der Waals surface area contributed by atoms with E-state index in [1.807, 2.05) is 34.9 Å². The van der Waals surface area contributed by atoms with Crippen molar-refractivity contribution in [2.45, 2.75) is 30.4 Å². The predicted molar refractivity (Wildman–Crippen MR) is 106 cm³/mol. The Kier molecular flexibility index (Phi) is 5.40. The number of halogens is 1. The van der Waals surface area contributed by atoms with Gasteiger partial charge in [0.1, 0.15) is 11.9 Å². The number of imidazole rings is 1. The van der Waals surface area contributed by atoms with Crippen LogP contribution in [0.2, 0.25) is 0 Å². The summed E-state index contributed by atoms with van der Waals surface area (Å²) in [6.07, 6.45) is 1.75. The van der Waals surface area contributed by atoms with E-state index in [4.69, 9.17) is 4.74 Å². The highest BCUT2D eigenvalue weighted by atomic mass is 32.2. The molecule has 0 radical (unpaired) electrons. The van der Waals surface area contributed by atoms with E-state index in [1.165, 1.54) is 19.2 Å². The maximum absolute atomic E-state index is 13.3. The molecule has 0 fully saturated rings. The van der Waals surface area contributed by atoms with Crippen molar-refractivity contribution in [3.63, 3.8) is 0 Å². The van der Waals surface area contributed by atoms with Gasteiger partial charge in [-0.1, -0.05) is 30.3 Å². The number of nitrogens with zero attached hydrogens (tertiary/aromatic N) is 3. The lowest BCUT2D eigenvalue weighted by Gasteiger charge is -2.33. The van der Waals surface area contributed by atoms with Gasteiger partial charge in [-0.2, -0.15) is 4.31 Å². The predicted octanol–water partition coefficient (Wildman–Crippen LogP) is 2.36. The molecular weight excluding hydrogens is 409 g/mol. The van der Waals surface area contributed by atoms with Crippen molar-refractivity contribution in [3.8, 4) is 0 Å². The number of hydrogen-bond acceptors (Lipinski definition) is 5. The molecule has 3 aromatic rings. The fourth-order valence-electron chi connectivity index (χ4n) is 3.59. The van der Waals surface area contributed by atoms with Crippen molar-refractivity contribution in [2.75, 3.05) is 7.11 Å². The van der Waals surface area contributed by atoms with Gasteiger partial charge in [0.25, 0.3) is 0 Å². The minimum absolute atomic E-state index is 0.0400. The van der Waals surface area contributed by atoms with Crippen molar-refractivity contribution in [3.05, 3.63) is 83.7 Å². The minimum Gasteiger partial charge on any atom is -0.468 e. The zero-order chi connectivity index (χ0) is 21.3. The van der Waals surface area contributed by atoms with E-state index in [0.29, 0.717) is 17.9 Å². The Morgan fingerprint density at radius 3 is 2.53 bits per heavy atom. The highest BCUT2D eigenvalue weighted by Gasteiger charge is 2.42. The largest absolute Gasteiger partial charge is 0.468 e. The Labute approximate surface area is 173 Å². The summed E-state index contributed by atoms with van der Waals surface area (Å²) in [5, 5.41) is 0. The number of sulfonamides is 1. The van der Waals surface area contributed by atoms with Gasteiger partial charge < -0.3 is 9.30 Å². The Morgan fingerprint density at radius 2 is 1.87 bits per heavy atom. The topological polar surface area (TPSA) is 81.5 Å². The molecule has 1 aromatic heterocycles. The highest BCUT2D eigenvalue weighted by Crippen LogP contribution is 2.29. The third-order valence-electron chi connectivity index (χ3n) is 5.16. The lowest BCUT2D eigenvalue weighted by atomic mass is 10.1. The number of methoxy groups -OCH3 is 1. The van der Waals surface area contributed by atoms with E-state index in [0.717, 1.165) is 22.0 Å². The lowest BCUT2D eigenvalue weighted by Crippen LogP contribution is -2.49. The maximum Gasteiger partial charge on any atom is 0.324 e. The molecule has 0 spiro atoms. The van der Waals surface area contributed by atoms with Crippen LogP contribution in [0, 0.1) is 5.82 Å². The molecule has 30 heavy (non-hydrogen) atoms. The van der Waals surface area contributed by atoms with Gasteiger partial charge in [-0.3, -0.25) is 4.79 Å². The molecule has 1 atom stereocenters. The summed E-state index contributed by atoms with van der Waals surface area (Å²) in [4.78, 5) is 16.7. The Bertz CT molecular complexity index is 1160. The van der Waals surface area contributed by atoms with Crippen LogP contribution in [0.15, 0.2) is 65.8 Å². The summed E-state index contributed by atoms with van der Waals surface area (Å²) in [7, 11) is -2.85. The van der Waals surface area contributed by atoms with Crippen LogP contribution in [0.1, 0.15) is 17.0 Å². The summed E-state index contributed by atoms with van der Waals surface area (Å²) >= 11 is 0. The van der Waals surface area contributed by atoms with Crippen LogP contribution in [0.4, 0.5) is 4.39 Å². The smallest absolute Gasteiger partial charge is 0.324 e. The molecule has 4 rings (SSSR count). The third-order valence-corrected chi connectivity index (χ3v) is 7.03. The number of esters is 1. The lowest BCUT2D eigenvalue weighted by molar-refractivity contribution is -0.145. The molecule has 0 amide bonds. The monoisotopic (exact) mass is 429 g/mol. The van der Waals surface area contributed by atoms with Gasteiger partial charge in [-0.15, -0.1) is 0 Å². The molecule has 1 aliphatic heterocycles. The Hall–Kier alpha value is -3.04. The second kappa shape index (κ2) is 8.00. The highest BCUT2D eigenvalue weighted by molar-refractivity contribution is 7.89. The number of carbonyl (C=O) groups excluding carboxylic acids is 1. The van der Waals surface area contributed by atoms with Gasteiger partial charge in [0.15, 0.2) is 0 Å². The van der Waals surface area contributed by atoms with E-state index in [9.17, 15) is 17.6 Å². The van der Waals surface area contributed by atoms with Crippen LogP contribution in [-0.4, -0.2) is 41.4 Å². The van der Waals surface area contributed by atoms with Gasteiger partial charge in [0.2, 0.25) is 10.0 Å². The number of fused-ring (bicyclic) bond motifs is 1. The summed E-state index contributed by atoms with van der Waals surface area (Å²) in [6, 6.07) is 13.2. The number of benzene rings is 2. The summed E-state index contributed by atoms with van der Waals surface area (Å²) < 4.78 is 47.7. The van der Waals surface area contributed by atoms with Gasteiger partial charge >= 0.3 is 5.97 Å². The van der Waals surface area contributed by atoms with Crippen LogP contribution >= 0.6 is 0 Å². The van der Waals surface area contributed by atoms with Gasteiger partial charge in [0.05, 0.1) is 36.3 Å². The van der Waals surface area contributed by atoms with Gasteiger partial charge in [-0.05, 0) is 29.8 Å². The van der Waals surface area contributed by atoms with E-state index < -0.39 is 27.9 Å². The molecule has 0 N–H and O–H groups in total. The first kappa shape index (κ1) is 20.2. The van der Waals surface area contributed by atoms with E-state index >= 15 is 0 Å². The maximum atomic E-state index is 13.3. The summed E-state index contributed by atoms with van der Waals surface area (Å²) in [5.74, 6) is -1.20. The molecule has 0 saturated carbocycles. The molecule has 2 aromatic carbocycles. The summed E-state index contributed by atoms with van der Waals surface area (Å²) in [6.45, 7) is 0.484. The van der Waals surface area contributed by atoms with Crippen LogP contribution in [0.3, 0.4) is 0 Å². The summed E-state index contributed by atoms with van der Waals surface area (Å²) in [5.41, 5.74) is 2.41. The van der Waals surface area contributed by atoms with Crippen LogP contribution < -0.4 is 0 Å². The molecule has 156 valence electrons. The standard InChI is InChI=1S/C21H20FN3O4S/c1-29-21(26)19-11-18-20(24(14-23-18)12-15-5-3-2-4-6-15)13-25(19)30(27,28)17-9-7-16(22)8-10-17/h2-10,14,19H,11-13H2,1H3. The van der Waals surface area contributed by atoms with Gasteiger partial charge in [0, 0.05) is 13.0 Å². The van der Waals surface area contributed by atoms with Gasteiger partial charge in [-0.25, -0.2) is 17.8 Å². The average Bonchev–Trinajstić information content (AvgIpc) is 3.15. The quantitative estimate of drug-likeness (QED) is 0.582. The fraction of sp³-hybridized carbons (Fsp3) is 0.238. The van der Waals surface area contributed by atoms with E-state index in [2.05, 4.69) is 4.98 Å². The normalized spacial score (nSPS) is 16.8. The van der Waals surface area contributed by atoms with Crippen molar-refractivity contribution >= 4 is 16.0 Å². The molecule has 1 unspecified atom stereocenters. The molecule has 9 heteroatoms. The van der Waals surface area contributed by atoms with Crippen LogP contribution in [0.25, 0.3) is 0 Å². The zero-order valence-corrected chi connectivity index (χ0v) is 17.0. The van der Waals surface area contributed by atoms with Crippen molar-refractivity contribution < 1.29 is 22.3 Å². The Morgan fingerprint density at radius 1 is 1.17 bits per heavy atom. The minimum atomic E-state index is -4.07. The average molecular weight is 429 g/mol. The van der Waals surface area contributed by atoms with Crippen LogP contribution in [-0.2, 0) is 39.1 Å². The Balaban J connectivity index is 1.73. The second-order valence-corrected chi connectivity index (χ2v) is 8.89. The molecule has 7 nitrogen and oxygen atoms in total. The van der Waals surface area contributed by atoms with E-state index in [1.54, 1.807) is 6.33 Å². The first-order chi connectivity index (χ1) is 14.4. The van der Waals surface area contributed by atoms with Crippen LogP contribution in [0.5, 0.6) is 0 Å².